The van der Waals surface area contributed by atoms with E-state index < -0.39 is 5.84 Å². The molecular formula is C18H16N6O. The van der Waals surface area contributed by atoms with Crippen LogP contribution in [-0.2, 0) is 0 Å². The predicted molar refractivity (Wildman–Crippen MR) is 97.5 cm³/mol. The molecule has 0 aliphatic heterocycles. The van der Waals surface area contributed by atoms with Crippen LogP contribution < -0.4 is 11.2 Å². The molecule has 1 aromatic heterocycles. The van der Waals surface area contributed by atoms with Crippen molar-refractivity contribution in [2.24, 2.45) is 10.8 Å². The maximum atomic E-state index is 8.88. The Kier molecular flexibility index (Phi) is 4.18. The zero-order valence-corrected chi connectivity index (χ0v) is 13.8. The van der Waals surface area contributed by atoms with Crippen molar-refractivity contribution < 1.29 is 4.42 Å². The number of aryl methyl sites for hydroxylation is 2. The number of anilines is 1. The lowest BCUT2D eigenvalue weighted by molar-refractivity contribution is 0.617. The number of benzene rings is 2. The first kappa shape index (κ1) is 16.2. The van der Waals surface area contributed by atoms with Crippen LogP contribution in [-0.4, -0.2) is 16.5 Å². The van der Waals surface area contributed by atoms with Crippen molar-refractivity contribution in [1.82, 2.24) is 4.98 Å². The quantitative estimate of drug-likeness (QED) is 0.384. The van der Waals surface area contributed by atoms with E-state index in [9.17, 15) is 0 Å². The Morgan fingerprint density at radius 1 is 1.28 bits per heavy atom. The molecule has 0 atom stereocenters. The smallest absolute Gasteiger partial charge is 0.227 e. The monoisotopic (exact) mass is 332 g/mol. The Labute approximate surface area is 144 Å². The summed E-state index contributed by atoms with van der Waals surface area (Å²) < 4.78 is 5.88. The molecule has 0 bridgehead atoms. The highest BCUT2D eigenvalue weighted by Crippen LogP contribution is 2.29. The number of nitriles is 1. The fourth-order valence-corrected chi connectivity index (χ4v) is 2.35. The van der Waals surface area contributed by atoms with E-state index >= 15 is 0 Å². The first-order chi connectivity index (χ1) is 12.0. The molecule has 0 saturated carbocycles. The number of hydrogen-bond acceptors (Lipinski definition) is 6. The lowest BCUT2D eigenvalue weighted by Crippen LogP contribution is -2.21. The van der Waals surface area contributed by atoms with Crippen LogP contribution in [0.25, 0.3) is 22.6 Å². The van der Waals surface area contributed by atoms with Gasteiger partial charge in [-0.05, 0) is 43.7 Å². The van der Waals surface area contributed by atoms with E-state index in [1.165, 1.54) is 5.56 Å². The molecule has 0 fully saturated rings. The maximum absolute atomic E-state index is 8.88. The highest BCUT2D eigenvalue weighted by atomic mass is 16.3. The molecule has 0 spiro atoms. The number of hydrazone groups is 1. The SMILES string of the molecule is Cc1ccc(-c2nc3cc(N/N=C(\C#N)C(=N)N)cc(C)c3o2)cc1. The normalized spacial score (nSPS) is 11.3. The molecule has 3 rings (SSSR count). The fraction of sp³-hybridized carbons (Fsp3) is 0.111. The second-order valence-corrected chi connectivity index (χ2v) is 5.62. The van der Waals surface area contributed by atoms with Gasteiger partial charge in [0.05, 0.1) is 5.69 Å². The van der Waals surface area contributed by atoms with E-state index in [4.69, 9.17) is 20.8 Å². The number of nitrogens with two attached hydrogens (primary N) is 1. The second-order valence-electron chi connectivity index (χ2n) is 5.62. The van der Waals surface area contributed by atoms with Gasteiger partial charge >= 0.3 is 0 Å². The summed E-state index contributed by atoms with van der Waals surface area (Å²) in [6.07, 6.45) is 0. The summed E-state index contributed by atoms with van der Waals surface area (Å²) in [6, 6.07) is 13.3. The second kappa shape index (κ2) is 6.45. The zero-order valence-electron chi connectivity index (χ0n) is 13.8. The van der Waals surface area contributed by atoms with Crippen LogP contribution in [0.4, 0.5) is 5.69 Å². The van der Waals surface area contributed by atoms with Gasteiger partial charge in [0.1, 0.15) is 11.6 Å². The van der Waals surface area contributed by atoms with Gasteiger partial charge in [-0.25, -0.2) is 4.98 Å². The van der Waals surface area contributed by atoms with Crippen molar-refractivity contribution in [3.8, 4) is 17.5 Å². The predicted octanol–water partition coefficient (Wildman–Crippen LogP) is 3.34. The summed E-state index contributed by atoms with van der Waals surface area (Å²) >= 11 is 0. The topological polar surface area (TPSA) is 124 Å². The molecule has 1 heterocycles. The summed E-state index contributed by atoms with van der Waals surface area (Å²) in [4.78, 5) is 4.53. The van der Waals surface area contributed by atoms with Crippen LogP contribution in [0, 0.1) is 30.6 Å². The molecule has 0 aliphatic carbocycles. The highest BCUT2D eigenvalue weighted by Gasteiger charge is 2.12. The Morgan fingerprint density at radius 2 is 2.00 bits per heavy atom. The molecule has 25 heavy (non-hydrogen) atoms. The molecule has 7 nitrogen and oxygen atoms in total. The molecular weight excluding hydrogens is 316 g/mol. The third-order valence-corrected chi connectivity index (χ3v) is 3.63. The Hall–Kier alpha value is -3.66. The van der Waals surface area contributed by atoms with E-state index in [2.05, 4.69) is 15.5 Å². The Morgan fingerprint density at radius 3 is 2.64 bits per heavy atom. The summed E-state index contributed by atoms with van der Waals surface area (Å²) in [7, 11) is 0. The van der Waals surface area contributed by atoms with Crippen LogP contribution in [0.5, 0.6) is 0 Å². The standard InChI is InChI=1S/C18H16N6O/c1-10-3-5-12(6-4-10)18-22-14-8-13(7-11(2)16(14)25-18)23-24-15(9-19)17(20)21/h3-8,23H,1-2H3,(H3,20,21)/b24-15+. The van der Waals surface area contributed by atoms with Crippen LogP contribution in [0.2, 0.25) is 0 Å². The summed E-state index contributed by atoms with van der Waals surface area (Å²) in [5.41, 5.74) is 12.8. The number of fused-ring (bicyclic) bond motifs is 1. The minimum absolute atomic E-state index is 0.182. The summed E-state index contributed by atoms with van der Waals surface area (Å²) in [5.74, 6) is 0.149. The minimum atomic E-state index is -0.393. The van der Waals surface area contributed by atoms with Crippen molar-refractivity contribution in [2.45, 2.75) is 13.8 Å². The Balaban J connectivity index is 1.98. The van der Waals surface area contributed by atoms with Gasteiger partial charge in [0.15, 0.2) is 11.4 Å². The number of rotatable bonds is 4. The van der Waals surface area contributed by atoms with Crippen LogP contribution in [0.1, 0.15) is 11.1 Å². The van der Waals surface area contributed by atoms with Gasteiger partial charge in [-0.3, -0.25) is 10.8 Å². The van der Waals surface area contributed by atoms with Crippen LogP contribution in [0.15, 0.2) is 45.9 Å². The molecule has 2 aromatic carbocycles. The fourth-order valence-electron chi connectivity index (χ4n) is 2.35. The highest BCUT2D eigenvalue weighted by molar-refractivity contribution is 6.45. The first-order valence-corrected chi connectivity index (χ1v) is 7.54. The Bertz CT molecular complexity index is 1020. The number of amidine groups is 1. The van der Waals surface area contributed by atoms with Gasteiger partial charge in [0.2, 0.25) is 11.6 Å². The number of nitrogens with one attached hydrogen (secondary N) is 2. The largest absolute Gasteiger partial charge is 0.436 e. The molecule has 0 unspecified atom stereocenters. The number of aromatic nitrogens is 1. The first-order valence-electron chi connectivity index (χ1n) is 7.54. The number of hydrogen-bond donors (Lipinski definition) is 3. The number of oxazole rings is 1. The average Bonchev–Trinajstić information content (AvgIpc) is 3.00. The van der Waals surface area contributed by atoms with Gasteiger partial charge in [-0.2, -0.15) is 10.4 Å². The zero-order chi connectivity index (χ0) is 18.0. The molecule has 4 N–H and O–H groups in total. The molecule has 0 saturated heterocycles. The molecule has 7 heteroatoms. The van der Waals surface area contributed by atoms with Crippen LogP contribution in [0.3, 0.4) is 0 Å². The molecule has 0 radical (unpaired) electrons. The van der Waals surface area contributed by atoms with Crippen molar-refractivity contribution in [1.29, 1.82) is 10.7 Å². The van der Waals surface area contributed by atoms with Crippen molar-refractivity contribution in [2.75, 3.05) is 5.43 Å². The molecule has 0 amide bonds. The van der Waals surface area contributed by atoms with Gasteiger partial charge in [0, 0.05) is 5.56 Å². The maximum Gasteiger partial charge on any atom is 0.227 e. The van der Waals surface area contributed by atoms with Crippen molar-refractivity contribution in [3.63, 3.8) is 0 Å². The van der Waals surface area contributed by atoms with Gasteiger partial charge in [-0.1, -0.05) is 17.7 Å². The van der Waals surface area contributed by atoms with Gasteiger partial charge in [-0.15, -0.1) is 0 Å². The molecule has 0 aliphatic rings. The summed E-state index contributed by atoms with van der Waals surface area (Å²) in [6.45, 7) is 3.92. The third kappa shape index (κ3) is 3.33. The van der Waals surface area contributed by atoms with E-state index in [1.807, 2.05) is 44.2 Å². The lowest BCUT2D eigenvalue weighted by Gasteiger charge is -2.02. The number of nitrogens with zero attached hydrogens (tertiary/aromatic N) is 3. The average molecular weight is 332 g/mol. The third-order valence-electron chi connectivity index (χ3n) is 3.63. The van der Waals surface area contributed by atoms with E-state index in [0.717, 1.165) is 11.1 Å². The van der Waals surface area contributed by atoms with E-state index in [1.54, 1.807) is 12.1 Å². The van der Waals surface area contributed by atoms with Gasteiger partial charge < -0.3 is 10.2 Å². The van der Waals surface area contributed by atoms with E-state index in [-0.39, 0.29) is 5.71 Å². The lowest BCUT2D eigenvalue weighted by atomic mass is 10.1. The van der Waals surface area contributed by atoms with Crippen molar-refractivity contribution in [3.05, 3.63) is 47.5 Å². The van der Waals surface area contributed by atoms with Crippen molar-refractivity contribution >= 4 is 28.3 Å². The molecule has 3 aromatic rings. The van der Waals surface area contributed by atoms with Crippen LogP contribution >= 0.6 is 0 Å². The van der Waals surface area contributed by atoms with E-state index in [0.29, 0.717) is 22.7 Å². The minimum Gasteiger partial charge on any atom is -0.436 e. The summed E-state index contributed by atoms with van der Waals surface area (Å²) in [5, 5.41) is 20.0. The van der Waals surface area contributed by atoms with Gasteiger partial charge in [0.25, 0.3) is 0 Å². The molecule has 124 valence electrons.